The van der Waals surface area contributed by atoms with Gasteiger partial charge in [0.15, 0.2) is 0 Å². The van der Waals surface area contributed by atoms with Crippen LogP contribution >= 0.6 is 24.8 Å². The Morgan fingerprint density at radius 2 is 1.73 bits per heavy atom. The van der Waals surface area contributed by atoms with Crippen molar-refractivity contribution in [2.45, 2.75) is 25.7 Å². The third kappa shape index (κ3) is 5.92. The van der Waals surface area contributed by atoms with Crippen LogP contribution in [-0.2, 0) is 6.04 Å². The van der Waals surface area contributed by atoms with Crippen molar-refractivity contribution < 1.29 is 5.11 Å². The van der Waals surface area contributed by atoms with Gasteiger partial charge >= 0.3 is 0 Å². The van der Waals surface area contributed by atoms with Crippen LogP contribution in [0.4, 0.5) is 5.69 Å². The van der Waals surface area contributed by atoms with Crippen LogP contribution in [-0.4, -0.2) is 13.2 Å². The standard InChI is InChI=1S/C10H17NOSi.2ClH/c1-13(2,3)7-8-6-9(12)4-5-10(8)11;;/h4-6,12H,7,11H2,1-3H3;2*1H. The number of nitrogen functional groups attached to an aromatic ring is 1. The Morgan fingerprint density at radius 1 is 1.20 bits per heavy atom. The summed E-state index contributed by atoms with van der Waals surface area (Å²) in [4.78, 5) is 0. The van der Waals surface area contributed by atoms with Crippen LogP contribution in [0.5, 0.6) is 5.75 Å². The normalized spacial score (nSPS) is 10.1. The quantitative estimate of drug-likeness (QED) is 0.491. The lowest BCUT2D eigenvalue weighted by atomic mass is 10.2. The molecule has 0 aliphatic carbocycles. The number of anilines is 1. The van der Waals surface area contributed by atoms with E-state index in [4.69, 9.17) is 5.73 Å². The summed E-state index contributed by atoms with van der Waals surface area (Å²) in [6, 6.07) is 6.19. The smallest absolute Gasteiger partial charge is 0.115 e. The predicted molar refractivity (Wildman–Crippen MR) is 74.1 cm³/mol. The van der Waals surface area contributed by atoms with Crippen molar-refractivity contribution in [1.29, 1.82) is 0 Å². The molecule has 0 saturated carbocycles. The van der Waals surface area contributed by atoms with Gasteiger partial charge in [-0.25, -0.2) is 0 Å². The number of hydrogen-bond acceptors (Lipinski definition) is 2. The summed E-state index contributed by atoms with van der Waals surface area (Å²) in [6.45, 7) is 6.86. The molecule has 0 unspecified atom stereocenters. The molecule has 1 aromatic carbocycles. The van der Waals surface area contributed by atoms with Crippen molar-refractivity contribution in [1.82, 2.24) is 0 Å². The lowest BCUT2D eigenvalue weighted by Gasteiger charge is -2.17. The summed E-state index contributed by atoms with van der Waals surface area (Å²) < 4.78 is 0. The molecule has 0 amide bonds. The number of nitrogens with two attached hydrogens (primary N) is 1. The fourth-order valence-corrected chi connectivity index (χ4v) is 2.77. The minimum atomic E-state index is -1.14. The molecule has 0 saturated heterocycles. The van der Waals surface area contributed by atoms with E-state index in [1.807, 2.05) is 0 Å². The molecule has 0 radical (unpaired) electrons. The third-order valence-corrected chi connectivity index (χ3v) is 3.29. The molecule has 88 valence electrons. The molecule has 0 bridgehead atoms. The van der Waals surface area contributed by atoms with Gasteiger partial charge in [-0.2, -0.15) is 0 Å². The lowest BCUT2D eigenvalue weighted by molar-refractivity contribution is 0.475. The Hall–Kier alpha value is -0.383. The van der Waals surface area contributed by atoms with Gasteiger partial charge in [-0.15, -0.1) is 24.8 Å². The van der Waals surface area contributed by atoms with Crippen LogP contribution in [0.1, 0.15) is 5.56 Å². The van der Waals surface area contributed by atoms with Crippen LogP contribution in [0, 0.1) is 0 Å². The molecule has 1 aromatic rings. The molecule has 0 atom stereocenters. The average Bonchev–Trinajstić information content (AvgIpc) is 1.94. The molecule has 0 heterocycles. The molecule has 0 aromatic heterocycles. The Morgan fingerprint density at radius 3 is 2.20 bits per heavy atom. The highest BCUT2D eigenvalue weighted by Crippen LogP contribution is 2.22. The molecule has 1 rings (SSSR count). The minimum Gasteiger partial charge on any atom is -0.508 e. The fraction of sp³-hybridized carbons (Fsp3) is 0.400. The van der Waals surface area contributed by atoms with Gasteiger partial charge in [-0.1, -0.05) is 19.6 Å². The van der Waals surface area contributed by atoms with E-state index in [1.54, 1.807) is 18.2 Å². The Kier molecular flexibility index (Phi) is 7.10. The fourth-order valence-electron chi connectivity index (χ4n) is 1.32. The van der Waals surface area contributed by atoms with E-state index in [-0.39, 0.29) is 24.8 Å². The maximum Gasteiger partial charge on any atom is 0.115 e. The van der Waals surface area contributed by atoms with Gasteiger partial charge in [-0.05, 0) is 29.8 Å². The molecule has 15 heavy (non-hydrogen) atoms. The van der Waals surface area contributed by atoms with E-state index in [1.165, 1.54) is 0 Å². The molecule has 0 fully saturated rings. The van der Waals surface area contributed by atoms with Gasteiger partial charge in [0.2, 0.25) is 0 Å². The maximum absolute atomic E-state index is 9.29. The first-order valence-electron chi connectivity index (χ1n) is 4.46. The summed E-state index contributed by atoms with van der Waals surface area (Å²) in [5.74, 6) is 0.308. The first-order chi connectivity index (χ1) is 5.88. The largest absolute Gasteiger partial charge is 0.508 e. The monoisotopic (exact) mass is 267 g/mol. The molecule has 3 N–H and O–H groups in total. The number of rotatable bonds is 2. The zero-order valence-corrected chi connectivity index (χ0v) is 11.9. The van der Waals surface area contributed by atoms with Crippen molar-refractivity contribution in [3.8, 4) is 5.75 Å². The van der Waals surface area contributed by atoms with E-state index in [2.05, 4.69) is 19.6 Å². The van der Waals surface area contributed by atoms with Gasteiger partial charge in [0.25, 0.3) is 0 Å². The van der Waals surface area contributed by atoms with Crippen molar-refractivity contribution in [3.05, 3.63) is 23.8 Å². The van der Waals surface area contributed by atoms with Crippen LogP contribution in [0.2, 0.25) is 19.6 Å². The van der Waals surface area contributed by atoms with Crippen LogP contribution in [0.25, 0.3) is 0 Å². The van der Waals surface area contributed by atoms with E-state index in [9.17, 15) is 5.11 Å². The zero-order valence-electron chi connectivity index (χ0n) is 9.28. The van der Waals surface area contributed by atoms with E-state index in [0.717, 1.165) is 17.3 Å². The number of benzene rings is 1. The third-order valence-electron chi connectivity index (χ3n) is 1.85. The topological polar surface area (TPSA) is 46.2 Å². The van der Waals surface area contributed by atoms with Gasteiger partial charge in [0.1, 0.15) is 5.75 Å². The summed E-state index contributed by atoms with van der Waals surface area (Å²) in [5, 5.41) is 9.29. The van der Waals surface area contributed by atoms with Gasteiger partial charge in [0.05, 0.1) is 0 Å². The summed E-state index contributed by atoms with van der Waals surface area (Å²) in [6.07, 6.45) is 0. The molecule has 2 nitrogen and oxygen atoms in total. The van der Waals surface area contributed by atoms with Crippen LogP contribution in [0.15, 0.2) is 18.2 Å². The predicted octanol–water partition coefficient (Wildman–Crippen LogP) is 3.24. The van der Waals surface area contributed by atoms with Crippen molar-refractivity contribution in [2.24, 2.45) is 0 Å². The molecular weight excluding hydrogens is 249 g/mol. The summed E-state index contributed by atoms with van der Waals surface area (Å²) in [5.41, 5.74) is 7.68. The van der Waals surface area contributed by atoms with Crippen LogP contribution < -0.4 is 5.73 Å². The number of halogens is 2. The highest BCUT2D eigenvalue weighted by molar-refractivity contribution is 6.75. The Labute approximate surface area is 105 Å². The number of phenolic OH excluding ortho intramolecular Hbond substituents is 1. The zero-order chi connectivity index (χ0) is 10.1. The summed E-state index contributed by atoms with van der Waals surface area (Å²) >= 11 is 0. The highest BCUT2D eigenvalue weighted by atomic mass is 35.5. The lowest BCUT2D eigenvalue weighted by Crippen LogP contribution is -2.24. The Balaban J connectivity index is 0. The number of aromatic hydroxyl groups is 1. The van der Waals surface area contributed by atoms with Crippen molar-refractivity contribution >= 4 is 38.6 Å². The van der Waals surface area contributed by atoms with E-state index in [0.29, 0.717) is 5.75 Å². The molecule has 0 aliphatic rings. The number of phenols is 1. The first kappa shape index (κ1) is 17.0. The Bertz CT molecular complexity index is 313. The van der Waals surface area contributed by atoms with Gasteiger partial charge in [-0.3, -0.25) is 0 Å². The second-order valence-corrected chi connectivity index (χ2v) is 10.1. The molecule has 0 spiro atoms. The first-order valence-corrected chi connectivity index (χ1v) is 8.16. The van der Waals surface area contributed by atoms with Crippen LogP contribution in [0.3, 0.4) is 0 Å². The minimum absolute atomic E-state index is 0. The molecular formula is C10H19Cl2NOSi. The van der Waals surface area contributed by atoms with E-state index < -0.39 is 8.07 Å². The maximum atomic E-state index is 9.29. The summed E-state index contributed by atoms with van der Waals surface area (Å²) in [7, 11) is -1.14. The SMILES string of the molecule is C[Si](C)(C)Cc1cc(O)ccc1N.Cl.Cl. The second-order valence-electron chi connectivity index (χ2n) is 4.62. The average molecular weight is 268 g/mol. The highest BCUT2D eigenvalue weighted by Gasteiger charge is 2.15. The van der Waals surface area contributed by atoms with Crippen molar-refractivity contribution in [3.63, 3.8) is 0 Å². The van der Waals surface area contributed by atoms with Gasteiger partial charge in [0, 0.05) is 13.8 Å². The second kappa shape index (κ2) is 6.25. The molecule has 5 heteroatoms. The van der Waals surface area contributed by atoms with E-state index >= 15 is 0 Å². The molecule has 0 aliphatic heterocycles. The van der Waals surface area contributed by atoms with Gasteiger partial charge < -0.3 is 10.8 Å². The van der Waals surface area contributed by atoms with Crippen molar-refractivity contribution in [2.75, 3.05) is 5.73 Å². The number of hydrogen-bond donors (Lipinski definition) is 2.